The highest BCUT2D eigenvalue weighted by molar-refractivity contribution is 6.32. The highest BCUT2D eigenvalue weighted by Crippen LogP contribution is 2.32. The van der Waals surface area contributed by atoms with E-state index < -0.39 is 11.9 Å². The third-order valence-corrected chi connectivity index (χ3v) is 5.92. The van der Waals surface area contributed by atoms with Crippen LogP contribution in [0, 0.1) is 0 Å². The van der Waals surface area contributed by atoms with Gasteiger partial charge >= 0.3 is 6.18 Å². The van der Waals surface area contributed by atoms with Crippen molar-refractivity contribution in [1.82, 2.24) is 34.3 Å². The van der Waals surface area contributed by atoms with E-state index in [0.717, 1.165) is 11.8 Å². The fourth-order valence-corrected chi connectivity index (χ4v) is 4.08. The van der Waals surface area contributed by atoms with Crippen LogP contribution in [0.2, 0.25) is 5.02 Å². The second-order valence-corrected chi connectivity index (χ2v) is 9.06. The first-order chi connectivity index (χ1) is 17.6. The summed E-state index contributed by atoms with van der Waals surface area (Å²) in [7, 11) is 1.53. The summed E-state index contributed by atoms with van der Waals surface area (Å²) in [6.45, 7) is 4.11. The van der Waals surface area contributed by atoms with Crippen molar-refractivity contribution >= 4 is 22.6 Å². The Kier molecular flexibility index (Phi) is 6.32. The largest absolute Gasteiger partial charge is 0.472 e. The van der Waals surface area contributed by atoms with Crippen LogP contribution in [-0.2, 0) is 19.8 Å². The van der Waals surface area contributed by atoms with Crippen LogP contribution in [0.4, 0.5) is 13.2 Å². The topological polar surface area (TPSA) is 83.5 Å². The van der Waals surface area contributed by atoms with Crippen LogP contribution in [0.3, 0.4) is 0 Å². The summed E-state index contributed by atoms with van der Waals surface area (Å²) in [6, 6.07) is 10.5. The molecule has 4 aromatic heterocycles. The zero-order valence-electron chi connectivity index (χ0n) is 20.0. The van der Waals surface area contributed by atoms with Crippen molar-refractivity contribution in [3.8, 4) is 28.8 Å². The summed E-state index contributed by atoms with van der Waals surface area (Å²) in [6.07, 6.45) is -0.362. The third-order valence-electron chi connectivity index (χ3n) is 5.64. The van der Waals surface area contributed by atoms with Gasteiger partial charge in [-0.15, -0.1) is 0 Å². The number of aryl methyl sites for hydroxylation is 1. The molecule has 0 radical (unpaired) electrons. The van der Waals surface area contributed by atoms with E-state index in [1.54, 1.807) is 47.4 Å². The minimum Gasteiger partial charge on any atom is -0.472 e. The highest BCUT2D eigenvalue weighted by Gasteiger charge is 2.34. The number of aromatic nitrogens is 7. The first kappa shape index (κ1) is 24.7. The van der Waals surface area contributed by atoms with Gasteiger partial charge < -0.3 is 9.30 Å². The summed E-state index contributed by atoms with van der Waals surface area (Å²) in [4.78, 5) is 17.3. The number of hydrogen-bond acceptors (Lipinski definition) is 6. The predicted octanol–water partition coefficient (Wildman–Crippen LogP) is 6.12. The number of alkyl halides is 3. The summed E-state index contributed by atoms with van der Waals surface area (Å²) >= 11 is 6.41. The molecule has 0 saturated heterocycles. The fraction of sp³-hybridized carbons (Fsp3) is 0.240. The number of halogens is 4. The maximum absolute atomic E-state index is 13.0. The van der Waals surface area contributed by atoms with Crippen LogP contribution < -0.4 is 4.74 Å². The van der Waals surface area contributed by atoms with Gasteiger partial charge in [-0.05, 0) is 31.5 Å². The minimum absolute atomic E-state index is 0.0272. The molecule has 37 heavy (non-hydrogen) atoms. The minimum atomic E-state index is -4.51. The molecule has 0 saturated carbocycles. The summed E-state index contributed by atoms with van der Waals surface area (Å²) in [5.74, 6) is 0.877. The van der Waals surface area contributed by atoms with Crippen molar-refractivity contribution in [3.05, 3.63) is 71.3 Å². The number of nitrogens with zero attached hydrogens (tertiary/aromatic N) is 7. The van der Waals surface area contributed by atoms with Crippen molar-refractivity contribution < 1.29 is 17.9 Å². The van der Waals surface area contributed by atoms with Crippen LogP contribution in [0.25, 0.3) is 33.9 Å². The van der Waals surface area contributed by atoms with Gasteiger partial charge in [0.25, 0.3) is 0 Å². The lowest BCUT2D eigenvalue weighted by Crippen LogP contribution is -2.08. The molecule has 0 bridgehead atoms. The van der Waals surface area contributed by atoms with E-state index in [0.29, 0.717) is 39.0 Å². The average Bonchev–Trinajstić information content (AvgIpc) is 3.45. The Morgan fingerprint density at radius 3 is 2.49 bits per heavy atom. The molecule has 0 atom stereocenters. The molecule has 0 amide bonds. The monoisotopic (exact) mass is 527 g/mol. The lowest BCUT2D eigenvalue weighted by molar-refractivity contribution is -0.140. The summed E-state index contributed by atoms with van der Waals surface area (Å²) < 4.78 is 48.2. The van der Waals surface area contributed by atoms with E-state index in [2.05, 4.69) is 25.0 Å². The van der Waals surface area contributed by atoms with E-state index in [-0.39, 0.29) is 18.5 Å². The quantitative estimate of drug-likeness (QED) is 0.264. The molecule has 5 rings (SSSR count). The zero-order chi connectivity index (χ0) is 26.3. The van der Waals surface area contributed by atoms with Crippen LogP contribution >= 0.6 is 11.6 Å². The Labute approximate surface area is 214 Å². The summed E-state index contributed by atoms with van der Waals surface area (Å²) in [5, 5.41) is 5.36. The standard InChI is InChI=1S/C25H21ClF3N7O/c1-14(2)36-20(18(26)11-31-36)22-33-21-17(5-4-10-30-21)24(34-22)37-13-15-6-8-16(9-7-15)23-32-19(12-35(23)3)25(27,28)29/h4-12,14H,13H2,1-3H3. The molecule has 0 aliphatic carbocycles. The first-order valence-electron chi connectivity index (χ1n) is 11.3. The number of hydrogen-bond donors (Lipinski definition) is 0. The molecular formula is C25H21ClF3N7O. The van der Waals surface area contributed by atoms with Gasteiger partial charge in [0.2, 0.25) is 5.88 Å². The van der Waals surface area contributed by atoms with Gasteiger partial charge in [-0.3, -0.25) is 4.68 Å². The van der Waals surface area contributed by atoms with E-state index in [1.165, 1.54) is 11.6 Å². The smallest absolute Gasteiger partial charge is 0.434 e. The molecule has 0 unspecified atom stereocenters. The molecule has 190 valence electrons. The first-order valence-corrected chi connectivity index (χ1v) is 11.7. The SMILES string of the molecule is CC(C)n1ncc(Cl)c1-c1nc(OCc2ccc(-c3nc(C(F)(F)F)cn3C)cc2)c2cccnc2n1. The molecule has 5 aromatic rings. The third kappa shape index (κ3) is 4.86. The number of fused-ring (bicyclic) bond motifs is 1. The van der Waals surface area contributed by atoms with Gasteiger partial charge in [0, 0.05) is 31.0 Å². The van der Waals surface area contributed by atoms with Gasteiger partial charge in [-0.2, -0.15) is 23.3 Å². The van der Waals surface area contributed by atoms with Crippen molar-refractivity contribution in [2.45, 2.75) is 32.7 Å². The molecular weight excluding hydrogens is 507 g/mol. The van der Waals surface area contributed by atoms with E-state index >= 15 is 0 Å². The van der Waals surface area contributed by atoms with Gasteiger partial charge in [-0.25, -0.2) is 15.0 Å². The maximum Gasteiger partial charge on any atom is 0.434 e. The van der Waals surface area contributed by atoms with Crippen molar-refractivity contribution in [3.63, 3.8) is 0 Å². The Morgan fingerprint density at radius 1 is 1.05 bits per heavy atom. The number of ether oxygens (including phenoxy) is 1. The molecule has 1 aromatic carbocycles. The lowest BCUT2D eigenvalue weighted by atomic mass is 10.1. The lowest BCUT2D eigenvalue weighted by Gasteiger charge is -2.13. The molecule has 0 N–H and O–H groups in total. The van der Waals surface area contributed by atoms with Crippen LogP contribution in [-0.4, -0.2) is 34.3 Å². The van der Waals surface area contributed by atoms with Gasteiger partial charge in [-0.1, -0.05) is 35.9 Å². The van der Waals surface area contributed by atoms with Crippen LogP contribution in [0.5, 0.6) is 5.88 Å². The Bertz CT molecular complexity index is 1580. The number of rotatable bonds is 6. The number of imidazole rings is 1. The van der Waals surface area contributed by atoms with Gasteiger partial charge in [0.15, 0.2) is 17.2 Å². The molecule has 8 nitrogen and oxygen atoms in total. The van der Waals surface area contributed by atoms with Crippen molar-refractivity contribution in [2.24, 2.45) is 7.05 Å². The Balaban J connectivity index is 1.43. The molecule has 0 fully saturated rings. The van der Waals surface area contributed by atoms with Crippen molar-refractivity contribution in [1.29, 1.82) is 0 Å². The van der Waals surface area contributed by atoms with Crippen LogP contribution in [0.15, 0.2) is 55.0 Å². The molecule has 12 heteroatoms. The summed E-state index contributed by atoms with van der Waals surface area (Å²) in [5.41, 5.74) is 1.41. The molecule has 0 aliphatic heterocycles. The maximum atomic E-state index is 13.0. The second kappa shape index (κ2) is 9.47. The average molecular weight is 528 g/mol. The van der Waals surface area contributed by atoms with Crippen molar-refractivity contribution in [2.75, 3.05) is 0 Å². The Morgan fingerprint density at radius 2 is 1.81 bits per heavy atom. The highest BCUT2D eigenvalue weighted by atomic mass is 35.5. The van der Waals surface area contributed by atoms with E-state index in [9.17, 15) is 13.2 Å². The normalized spacial score (nSPS) is 12.0. The number of benzene rings is 1. The fourth-order valence-electron chi connectivity index (χ4n) is 3.87. The van der Waals surface area contributed by atoms with Gasteiger partial charge in [0.1, 0.15) is 18.1 Å². The van der Waals surface area contributed by atoms with Gasteiger partial charge in [0.05, 0.1) is 16.6 Å². The Hall–Kier alpha value is -3.99. The van der Waals surface area contributed by atoms with E-state index in [1.807, 2.05) is 19.9 Å². The van der Waals surface area contributed by atoms with Crippen LogP contribution in [0.1, 0.15) is 31.1 Å². The molecule has 4 heterocycles. The molecule has 0 spiro atoms. The van der Waals surface area contributed by atoms with E-state index in [4.69, 9.17) is 16.3 Å². The molecule has 0 aliphatic rings. The number of pyridine rings is 1. The predicted molar refractivity (Wildman–Crippen MR) is 132 cm³/mol. The second-order valence-electron chi connectivity index (χ2n) is 8.65. The zero-order valence-corrected chi connectivity index (χ0v) is 20.8.